The molecular weight excluding hydrogens is 320 g/mol. The lowest BCUT2D eigenvalue weighted by atomic mass is 9.97. The van der Waals surface area contributed by atoms with Crippen molar-refractivity contribution in [1.82, 2.24) is 4.72 Å². The van der Waals surface area contributed by atoms with Gasteiger partial charge in [-0.15, -0.1) is 0 Å². The number of hydrogen-bond acceptors (Lipinski definition) is 3. The van der Waals surface area contributed by atoms with Crippen molar-refractivity contribution >= 4 is 10.0 Å². The van der Waals surface area contributed by atoms with Gasteiger partial charge >= 0.3 is 0 Å². The van der Waals surface area contributed by atoms with Crippen LogP contribution >= 0.6 is 0 Å². The molecule has 3 rings (SSSR count). The monoisotopic (exact) mass is 340 g/mol. The summed E-state index contributed by atoms with van der Waals surface area (Å²) in [6.45, 7) is 5.81. The predicted octanol–water partition coefficient (Wildman–Crippen LogP) is 3.47. The maximum Gasteiger partial charge on any atom is 0.242 e. The van der Waals surface area contributed by atoms with E-state index in [-0.39, 0.29) is 15.9 Å². The van der Waals surface area contributed by atoms with Gasteiger partial charge in [0, 0.05) is 0 Å². The highest BCUT2D eigenvalue weighted by atomic mass is 32.2. The van der Waals surface area contributed by atoms with Crippen molar-refractivity contribution in [3.8, 4) is 6.07 Å². The van der Waals surface area contributed by atoms with E-state index in [1.165, 1.54) is 6.07 Å². The number of sulfonamides is 1. The zero-order valence-electron chi connectivity index (χ0n) is 14.0. The van der Waals surface area contributed by atoms with Crippen molar-refractivity contribution in [3.05, 3.63) is 65.2 Å². The number of nitriles is 1. The Morgan fingerprint density at radius 1 is 1.08 bits per heavy atom. The van der Waals surface area contributed by atoms with Gasteiger partial charge < -0.3 is 0 Å². The normalized spacial score (nSPS) is 21.9. The molecule has 1 fully saturated rings. The number of hydrogen-bond donors (Lipinski definition) is 1. The Morgan fingerprint density at radius 2 is 1.71 bits per heavy atom. The van der Waals surface area contributed by atoms with Gasteiger partial charge in [0.2, 0.25) is 10.0 Å². The Labute approximate surface area is 143 Å². The standard InChI is InChI=1S/C19H20N2O2S/c1-14-8-7-9-15(12-20)17(14)24(22,23)21-19(13-18(19,2)3)16-10-5-4-6-11-16/h4-11,21H,13H2,1-3H3. The van der Waals surface area contributed by atoms with E-state index in [9.17, 15) is 13.7 Å². The summed E-state index contributed by atoms with van der Waals surface area (Å²) >= 11 is 0. The van der Waals surface area contributed by atoms with Gasteiger partial charge in [-0.25, -0.2) is 8.42 Å². The van der Waals surface area contributed by atoms with Gasteiger partial charge in [0.05, 0.1) is 11.1 Å². The van der Waals surface area contributed by atoms with E-state index < -0.39 is 15.6 Å². The lowest BCUT2D eigenvalue weighted by Gasteiger charge is -2.23. The fraction of sp³-hybridized carbons (Fsp3) is 0.316. The summed E-state index contributed by atoms with van der Waals surface area (Å²) < 4.78 is 29.1. The van der Waals surface area contributed by atoms with Gasteiger partial charge in [-0.1, -0.05) is 56.3 Å². The second-order valence-corrected chi connectivity index (χ2v) is 8.62. The molecule has 0 spiro atoms. The molecule has 124 valence electrons. The molecule has 0 radical (unpaired) electrons. The molecule has 0 amide bonds. The third-order valence-electron chi connectivity index (χ3n) is 4.91. The minimum Gasteiger partial charge on any atom is -0.207 e. The minimum atomic E-state index is -3.82. The fourth-order valence-corrected chi connectivity index (χ4v) is 5.37. The van der Waals surface area contributed by atoms with Crippen molar-refractivity contribution in [1.29, 1.82) is 5.26 Å². The molecule has 2 aromatic carbocycles. The molecule has 0 aliphatic heterocycles. The van der Waals surface area contributed by atoms with Crippen molar-refractivity contribution in [2.75, 3.05) is 0 Å². The van der Waals surface area contributed by atoms with E-state index in [1.807, 2.05) is 50.2 Å². The number of nitrogens with one attached hydrogen (secondary N) is 1. The predicted molar refractivity (Wildman–Crippen MR) is 92.7 cm³/mol. The average molecular weight is 340 g/mol. The van der Waals surface area contributed by atoms with Crippen LogP contribution in [0.5, 0.6) is 0 Å². The maximum absolute atomic E-state index is 13.1. The Kier molecular flexibility index (Phi) is 3.78. The van der Waals surface area contributed by atoms with Crippen LogP contribution in [0, 0.1) is 23.7 Å². The molecule has 1 saturated carbocycles. The van der Waals surface area contributed by atoms with Crippen LogP contribution in [-0.2, 0) is 15.6 Å². The smallest absolute Gasteiger partial charge is 0.207 e. The molecule has 1 aliphatic carbocycles. The Hall–Kier alpha value is -2.16. The first-order chi connectivity index (χ1) is 11.2. The number of benzene rings is 2. The summed E-state index contributed by atoms with van der Waals surface area (Å²) in [5.41, 5.74) is 0.872. The fourth-order valence-electron chi connectivity index (χ4n) is 3.44. The largest absolute Gasteiger partial charge is 0.242 e. The molecule has 24 heavy (non-hydrogen) atoms. The van der Waals surface area contributed by atoms with Crippen molar-refractivity contribution in [2.24, 2.45) is 5.41 Å². The Balaban J connectivity index is 2.09. The zero-order valence-corrected chi connectivity index (χ0v) is 14.8. The zero-order chi connectivity index (χ0) is 17.6. The van der Waals surface area contributed by atoms with Gasteiger partial charge in [-0.2, -0.15) is 9.98 Å². The van der Waals surface area contributed by atoms with Crippen LogP contribution in [0.4, 0.5) is 0 Å². The van der Waals surface area contributed by atoms with Gasteiger partial charge in [0.15, 0.2) is 0 Å². The molecule has 2 aromatic rings. The van der Waals surface area contributed by atoms with Crippen LogP contribution < -0.4 is 4.72 Å². The summed E-state index contributed by atoms with van der Waals surface area (Å²) in [5.74, 6) is 0. The van der Waals surface area contributed by atoms with Crippen LogP contribution in [0.3, 0.4) is 0 Å². The highest BCUT2D eigenvalue weighted by molar-refractivity contribution is 7.89. The molecule has 1 atom stereocenters. The van der Waals surface area contributed by atoms with Crippen molar-refractivity contribution < 1.29 is 8.42 Å². The van der Waals surface area contributed by atoms with Crippen molar-refractivity contribution in [2.45, 2.75) is 37.6 Å². The molecule has 5 heteroatoms. The number of nitrogens with zero attached hydrogens (tertiary/aromatic N) is 1. The minimum absolute atomic E-state index is 0.0745. The molecule has 1 aliphatic rings. The summed E-state index contributed by atoms with van der Waals surface area (Å²) in [4.78, 5) is 0.0745. The third-order valence-corrected chi connectivity index (χ3v) is 6.61. The van der Waals surface area contributed by atoms with Gasteiger partial charge in [-0.05, 0) is 36.0 Å². The van der Waals surface area contributed by atoms with E-state index in [0.717, 1.165) is 12.0 Å². The molecule has 0 heterocycles. The summed E-state index contributed by atoms with van der Waals surface area (Å²) in [7, 11) is -3.82. The lowest BCUT2D eigenvalue weighted by Crippen LogP contribution is -2.39. The van der Waals surface area contributed by atoms with Crippen LogP contribution in [0.15, 0.2) is 53.4 Å². The molecule has 0 bridgehead atoms. The topological polar surface area (TPSA) is 70.0 Å². The van der Waals surface area contributed by atoms with Crippen LogP contribution in [0.2, 0.25) is 0 Å². The van der Waals surface area contributed by atoms with Crippen LogP contribution in [0.1, 0.15) is 37.0 Å². The Bertz CT molecular complexity index is 928. The highest BCUT2D eigenvalue weighted by Crippen LogP contribution is 2.62. The molecule has 4 nitrogen and oxygen atoms in total. The van der Waals surface area contributed by atoms with Gasteiger partial charge in [0.25, 0.3) is 0 Å². The third kappa shape index (κ3) is 2.52. The summed E-state index contributed by atoms with van der Waals surface area (Å²) in [5, 5.41) is 9.30. The summed E-state index contributed by atoms with van der Waals surface area (Å²) in [6.07, 6.45) is 0.719. The van der Waals surface area contributed by atoms with E-state index in [4.69, 9.17) is 0 Å². The van der Waals surface area contributed by atoms with Gasteiger partial charge in [-0.3, -0.25) is 0 Å². The first-order valence-corrected chi connectivity index (χ1v) is 9.31. The maximum atomic E-state index is 13.1. The lowest BCUT2D eigenvalue weighted by molar-refractivity contribution is 0.461. The molecule has 0 saturated heterocycles. The van der Waals surface area contributed by atoms with E-state index in [1.54, 1.807) is 19.1 Å². The number of rotatable bonds is 4. The first kappa shape index (κ1) is 16.7. The van der Waals surface area contributed by atoms with E-state index in [2.05, 4.69) is 4.72 Å². The van der Waals surface area contributed by atoms with E-state index >= 15 is 0 Å². The first-order valence-electron chi connectivity index (χ1n) is 7.83. The van der Waals surface area contributed by atoms with Crippen LogP contribution in [0.25, 0.3) is 0 Å². The van der Waals surface area contributed by atoms with Crippen molar-refractivity contribution in [3.63, 3.8) is 0 Å². The average Bonchev–Trinajstić information content (AvgIpc) is 3.08. The molecule has 0 aromatic heterocycles. The number of aryl methyl sites for hydroxylation is 1. The van der Waals surface area contributed by atoms with E-state index in [0.29, 0.717) is 5.56 Å². The second kappa shape index (κ2) is 5.44. The SMILES string of the molecule is Cc1cccc(C#N)c1S(=O)(=O)NC1(c2ccccc2)CC1(C)C. The second-order valence-electron chi connectivity index (χ2n) is 7.00. The Morgan fingerprint density at radius 3 is 2.25 bits per heavy atom. The molecule has 1 unspecified atom stereocenters. The highest BCUT2D eigenvalue weighted by Gasteiger charge is 2.64. The summed E-state index contributed by atoms with van der Waals surface area (Å²) in [6, 6.07) is 16.6. The quantitative estimate of drug-likeness (QED) is 0.926. The molecular formula is C19H20N2O2S. The van der Waals surface area contributed by atoms with Gasteiger partial charge in [0.1, 0.15) is 11.0 Å². The van der Waals surface area contributed by atoms with Crippen LogP contribution in [-0.4, -0.2) is 8.42 Å². The molecule has 1 N–H and O–H groups in total.